The summed E-state index contributed by atoms with van der Waals surface area (Å²) in [4.78, 5) is 22.5. The number of amides is 1. The fourth-order valence-corrected chi connectivity index (χ4v) is 1.93. The van der Waals surface area contributed by atoms with Crippen molar-refractivity contribution in [3.63, 3.8) is 0 Å². The number of aryl methyl sites for hydroxylation is 1. The van der Waals surface area contributed by atoms with Crippen LogP contribution in [0.5, 0.6) is 0 Å². The molecule has 110 valence electrons. The van der Waals surface area contributed by atoms with E-state index in [1.54, 1.807) is 6.92 Å². The van der Waals surface area contributed by atoms with Crippen LogP contribution in [0.4, 0.5) is 0 Å². The van der Waals surface area contributed by atoms with Crippen LogP contribution in [0.1, 0.15) is 50.7 Å². The lowest BCUT2D eigenvalue weighted by atomic mass is 10.0. The molecule has 4 heteroatoms. The predicted molar refractivity (Wildman–Crippen MR) is 78.7 cm³/mol. The molecule has 1 aromatic rings. The van der Waals surface area contributed by atoms with Gasteiger partial charge in [0.1, 0.15) is 6.04 Å². The highest BCUT2D eigenvalue weighted by Gasteiger charge is 2.17. The second kappa shape index (κ2) is 7.68. The SMILES string of the molecule is CCC(NC(=O)CCc1ccc(C(C)C)cc1)C(=O)O. The topological polar surface area (TPSA) is 66.4 Å². The lowest BCUT2D eigenvalue weighted by Crippen LogP contribution is -2.40. The average molecular weight is 277 g/mol. The Morgan fingerprint density at radius 1 is 1.20 bits per heavy atom. The van der Waals surface area contributed by atoms with Crippen molar-refractivity contribution in [2.24, 2.45) is 0 Å². The van der Waals surface area contributed by atoms with Gasteiger partial charge in [-0.3, -0.25) is 4.79 Å². The van der Waals surface area contributed by atoms with Crippen LogP contribution in [0, 0.1) is 0 Å². The molecule has 0 aliphatic carbocycles. The number of benzene rings is 1. The number of aliphatic carboxylic acids is 1. The first-order chi connectivity index (χ1) is 9.43. The van der Waals surface area contributed by atoms with Crippen molar-refractivity contribution in [1.29, 1.82) is 0 Å². The molecular formula is C16H23NO3. The average Bonchev–Trinajstić information content (AvgIpc) is 2.42. The van der Waals surface area contributed by atoms with E-state index in [2.05, 4.69) is 31.3 Å². The zero-order valence-electron chi connectivity index (χ0n) is 12.3. The smallest absolute Gasteiger partial charge is 0.326 e. The van der Waals surface area contributed by atoms with Gasteiger partial charge in [0.2, 0.25) is 5.91 Å². The monoisotopic (exact) mass is 277 g/mol. The molecule has 0 aliphatic heterocycles. The Bertz CT molecular complexity index is 451. The molecule has 1 amide bonds. The summed E-state index contributed by atoms with van der Waals surface area (Å²) in [5, 5.41) is 11.4. The Morgan fingerprint density at radius 2 is 1.80 bits per heavy atom. The minimum atomic E-state index is -0.984. The summed E-state index contributed by atoms with van der Waals surface area (Å²) in [7, 11) is 0. The first-order valence-electron chi connectivity index (χ1n) is 7.05. The van der Waals surface area contributed by atoms with Gasteiger partial charge in [-0.25, -0.2) is 4.79 Å². The van der Waals surface area contributed by atoms with Gasteiger partial charge in [0.15, 0.2) is 0 Å². The van der Waals surface area contributed by atoms with E-state index >= 15 is 0 Å². The number of carbonyl (C=O) groups is 2. The maximum absolute atomic E-state index is 11.7. The summed E-state index contributed by atoms with van der Waals surface area (Å²) in [6, 6.07) is 7.41. The van der Waals surface area contributed by atoms with E-state index in [-0.39, 0.29) is 5.91 Å². The number of hydrogen-bond acceptors (Lipinski definition) is 2. The largest absolute Gasteiger partial charge is 0.480 e. The maximum Gasteiger partial charge on any atom is 0.326 e. The zero-order valence-corrected chi connectivity index (χ0v) is 12.3. The minimum absolute atomic E-state index is 0.216. The van der Waals surface area contributed by atoms with E-state index in [0.717, 1.165) is 5.56 Å². The van der Waals surface area contributed by atoms with E-state index in [1.807, 2.05) is 12.1 Å². The number of carboxylic acid groups (broad SMARTS) is 1. The molecular weight excluding hydrogens is 254 g/mol. The minimum Gasteiger partial charge on any atom is -0.480 e. The molecule has 0 radical (unpaired) electrons. The van der Waals surface area contributed by atoms with Crippen LogP contribution in [0.3, 0.4) is 0 Å². The van der Waals surface area contributed by atoms with E-state index in [9.17, 15) is 9.59 Å². The fraction of sp³-hybridized carbons (Fsp3) is 0.500. The maximum atomic E-state index is 11.7. The molecule has 0 aliphatic rings. The summed E-state index contributed by atoms with van der Waals surface area (Å²) in [6.45, 7) is 6.02. The Hall–Kier alpha value is -1.84. The molecule has 0 bridgehead atoms. The Labute approximate surface area is 120 Å². The Morgan fingerprint density at radius 3 is 2.25 bits per heavy atom. The van der Waals surface area contributed by atoms with E-state index in [1.165, 1.54) is 5.56 Å². The first-order valence-corrected chi connectivity index (χ1v) is 7.05. The molecule has 0 saturated carbocycles. The molecule has 0 spiro atoms. The van der Waals surface area contributed by atoms with Gasteiger partial charge in [-0.15, -0.1) is 0 Å². The van der Waals surface area contributed by atoms with Gasteiger partial charge < -0.3 is 10.4 Å². The highest BCUT2D eigenvalue weighted by atomic mass is 16.4. The van der Waals surface area contributed by atoms with Crippen molar-refractivity contribution in [2.45, 2.75) is 52.0 Å². The fourth-order valence-electron chi connectivity index (χ4n) is 1.93. The molecule has 0 heterocycles. The number of hydrogen-bond donors (Lipinski definition) is 2. The van der Waals surface area contributed by atoms with Crippen molar-refractivity contribution >= 4 is 11.9 Å². The van der Waals surface area contributed by atoms with Gasteiger partial charge in [-0.1, -0.05) is 45.0 Å². The van der Waals surface area contributed by atoms with Gasteiger partial charge in [-0.05, 0) is 29.9 Å². The summed E-state index contributed by atoms with van der Waals surface area (Å²) in [5.41, 5.74) is 2.36. The molecule has 0 aromatic heterocycles. The second-order valence-corrected chi connectivity index (χ2v) is 5.26. The number of rotatable bonds is 7. The lowest BCUT2D eigenvalue weighted by molar-refractivity contribution is -0.141. The standard InChI is InChI=1S/C16H23NO3/c1-4-14(16(19)20)17-15(18)10-7-12-5-8-13(9-6-12)11(2)3/h5-6,8-9,11,14H,4,7,10H2,1-3H3,(H,17,18)(H,19,20). The third kappa shape index (κ3) is 5.03. The quantitative estimate of drug-likeness (QED) is 0.805. The highest BCUT2D eigenvalue weighted by Crippen LogP contribution is 2.15. The molecule has 1 aromatic carbocycles. The summed E-state index contributed by atoms with van der Waals surface area (Å²) >= 11 is 0. The third-order valence-corrected chi connectivity index (χ3v) is 3.33. The van der Waals surface area contributed by atoms with Crippen molar-refractivity contribution in [3.8, 4) is 0 Å². The Kier molecular flexibility index (Phi) is 6.22. The molecule has 20 heavy (non-hydrogen) atoms. The molecule has 1 unspecified atom stereocenters. The van der Waals surface area contributed by atoms with Gasteiger partial charge in [0, 0.05) is 6.42 Å². The normalized spacial score (nSPS) is 12.2. The molecule has 2 N–H and O–H groups in total. The van der Waals surface area contributed by atoms with Gasteiger partial charge >= 0.3 is 5.97 Å². The first kappa shape index (κ1) is 16.2. The summed E-state index contributed by atoms with van der Waals surface area (Å²) in [6.07, 6.45) is 1.33. The number of carbonyl (C=O) groups excluding carboxylic acids is 1. The van der Waals surface area contributed by atoms with Crippen LogP contribution < -0.4 is 5.32 Å². The van der Waals surface area contributed by atoms with Crippen molar-refractivity contribution in [3.05, 3.63) is 35.4 Å². The van der Waals surface area contributed by atoms with Crippen LogP contribution in [0.15, 0.2) is 24.3 Å². The van der Waals surface area contributed by atoms with Gasteiger partial charge in [0.25, 0.3) is 0 Å². The predicted octanol–water partition coefficient (Wildman–Crippen LogP) is 2.72. The van der Waals surface area contributed by atoms with Crippen LogP contribution in [-0.2, 0) is 16.0 Å². The van der Waals surface area contributed by atoms with Crippen LogP contribution >= 0.6 is 0 Å². The molecule has 1 atom stereocenters. The summed E-state index contributed by atoms with van der Waals surface area (Å²) < 4.78 is 0. The van der Waals surface area contributed by atoms with Gasteiger partial charge in [0.05, 0.1) is 0 Å². The third-order valence-electron chi connectivity index (χ3n) is 3.33. The molecule has 1 rings (SSSR count). The van der Waals surface area contributed by atoms with E-state index in [0.29, 0.717) is 25.2 Å². The number of nitrogens with one attached hydrogen (secondary N) is 1. The van der Waals surface area contributed by atoms with Crippen molar-refractivity contribution in [2.75, 3.05) is 0 Å². The van der Waals surface area contributed by atoms with Gasteiger partial charge in [-0.2, -0.15) is 0 Å². The second-order valence-electron chi connectivity index (χ2n) is 5.26. The highest BCUT2D eigenvalue weighted by molar-refractivity contribution is 5.83. The van der Waals surface area contributed by atoms with E-state index < -0.39 is 12.0 Å². The summed E-state index contributed by atoms with van der Waals surface area (Å²) in [5.74, 6) is -0.706. The van der Waals surface area contributed by atoms with Crippen LogP contribution in [0.2, 0.25) is 0 Å². The van der Waals surface area contributed by atoms with Crippen molar-refractivity contribution < 1.29 is 14.7 Å². The number of carboxylic acids is 1. The van der Waals surface area contributed by atoms with Crippen LogP contribution in [0.25, 0.3) is 0 Å². The zero-order chi connectivity index (χ0) is 15.1. The van der Waals surface area contributed by atoms with Crippen LogP contribution in [-0.4, -0.2) is 23.0 Å². The Balaban J connectivity index is 2.46. The lowest BCUT2D eigenvalue weighted by Gasteiger charge is -2.12. The molecule has 4 nitrogen and oxygen atoms in total. The molecule has 0 saturated heterocycles. The van der Waals surface area contributed by atoms with Crippen molar-refractivity contribution in [1.82, 2.24) is 5.32 Å². The molecule has 0 fully saturated rings. The van der Waals surface area contributed by atoms with E-state index in [4.69, 9.17) is 5.11 Å².